The van der Waals surface area contributed by atoms with E-state index in [2.05, 4.69) is 5.32 Å². The number of amides is 1. The van der Waals surface area contributed by atoms with Crippen LogP contribution in [-0.4, -0.2) is 34.2 Å². The molecule has 2 atom stereocenters. The molecule has 0 aromatic heterocycles. The molecule has 0 unspecified atom stereocenters. The molecule has 0 aliphatic heterocycles. The van der Waals surface area contributed by atoms with Gasteiger partial charge in [0.25, 0.3) is 0 Å². The number of carboxylic acids is 1. The van der Waals surface area contributed by atoms with Crippen molar-refractivity contribution in [2.75, 3.05) is 0 Å². The number of nitrogens with one attached hydrogen (secondary N) is 1. The fourth-order valence-corrected chi connectivity index (χ4v) is 1.73. The molecular weight excluding hydrogens is 222 g/mol. The Labute approximate surface area is 101 Å². The topological polar surface area (TPSA) is 86.6 Å². The van der Waals surface area contributed by atoms with Crippen molar-refractivity contribution in [3.8, 4) is 0 Å². The first-order chi connectivity index (χ1) is 7.90. The zero-order valence-corrected chi connectivity index (χ0v) is 10.3. The van der Waals surface area contributed by atoms with Crippen LogP contribution in [0.15, 0.2) is 0 Å². The number of rotatable bonds is 7. The van der Waals surface area contributed by atoms with Gasteiger partial charge in [0.2, 0.25) is 5.91 Å². The van der Waals surface area contributed by atoms with Gasteiger partial charge in [-0.1, -0.05) is 26.7 Å². The van der Waals surface area contributed by atoms with Gasteiger partial charge in [0.1, 0.15) is 12.1 Å². The van der Waals surface area contributed by atoms with Crippen molar-refractivity contribution in [1.82, 2.24) is 5.32 Å². The molecule has 0 aromatic carbocycles. The molecular formula is C12H21NO4. The van der Waals surface area contributed by atoms with Crippen molar-refractivity contribution in [2.24, 2.45) is 11.8 Å². The fraction of sp³-hybridized carbons (Fsp3) is 0.833. The molecule has 5 heteroatoms. The molecule has 0 heterocycles. The summed E-state index contributed by atoms with van der Waals surface area (Å²) in [7, 11) is 0. The third-order valence-corrected chi connectivity index (χ3v) is 2.88. The van der Waals surface area contributed by atoms with Gasteiger partial charge in [0, 0.05) is 0 Å². The van der Waals surface area contributed by atoms with Crippen molar-refractivity contribution in [3.05, 3.63) is 0 Å². The van der Waals surface area contributed by atoms with E-state index in [1.807, 2.05) is 13.8 Å². The summed E-state index contributed by atoms with van der Waals surface area (Å²) in [5.41, 5.74) is 0. The van der Waals surface area contributed by atoms with Crippen LogP contribution in [0.5, 0.6) is 0 Å². The number of aliphatic hydroxyl groups is 1. The van der Waals surface area contributed by atoms with E-state index in [0.29, 0.717) is 18.8 Å². The van der Waals surface area contributed by atoms with Crippen LogP contribution in [0.4, 0.5) is 0 Å². The SMILES string of the molecule is CC(C)C[C@@H](O)C(=O)N[C@@H](CC1CC1)C(=O)O. The molecule has 1 amide bonds. The van der Waals surface area contributed by atoms with E-state index in [1.54, 1.807) is 0 Å². The molecule has 1 rings (SSSR count). The maximum atomic E-state index is 11.6. The molecule has 98 valence electrons. The van der Waals surface area contributed by atoms with Crippen molar-refractivity contribution in [3.63, 3.8) is 0 Å². The minimum absolute atomic E-state index is 0.197. The maximum absolute atomic E-state index is 11.6. The van der Waals surface area contributed by atoms with Crippen molar-refractivity contribution < 1.29 is 19.8 Å². The monoisotopic (exact) mass is 243 g/mol. The van der Waals surface area contributed by atoms with Gasteiger partial charge in [-0.05, 0) is 24.7 Å². The standard InChI is InChI=1S/C12H21NO4/c1-7(2)5-10(14)11(15)13-9(12(16)17)6-8-3-4-8/h7-10,14H,3-6H2,1-2H3,(H,13,15)(H,16,17)/t9-,10+/m0/s1. The predicted molar refractivity (Wildman–Crippen MR) is 62.4 cm³/mol. The first kappa shape index (κ1) is 14.0. The summed E-state index contributed by atoms with van der Waals surface area (Å²) >= 11 is 0. The summed E-state index contributed by atoms with van der Waals surface area (Å²) in [6.07, 6.45) is 1.77. The second kappa shape index (κ2) is 6.00. The van der Waals surface area contributed by atoms with E-state index in [-0.39, 0.29) is 5.92 Å². The molecule has 0 bridgehead atoms. The molecule has 0 spiro atoms. The normalized spacial score (nSPS) is 18.8. The molecule has 0 saturated heterocycles. The zero-order chi connectivity index (χ0) is 13.0. The average Bonchev–Trinajstić information content (AvgIpc) is 2.99. The van der Waals surface area contributed by atoms with Crippen molar-refractivity contribution in [1.29, 1.82) is 0 Å². The van der Waals surface area contributed by atoms with E-state index < -0.39 is 24.0 Å². The number of carbonyl (C=O) groups is 2. The summed E-state index contributed by atoms with van der Waals surface area (Å²) in [5, 5.41) is 20.9. The lowest BCUT2D eigenvalue weighted by Crippen LogP contribution is -2.46. The van der Waals surface area contributed by atoms with Gasteiger partial charge in [-0.15, -0.1) is 0 Å². The van der Waals surface area contributed by atoms with Crippen LogP contribution in [0, 0.1) is 11.8 Å². The first-order valence-electron chi connectivity index (χ1n) is 6.11. The van der Waals surface area contributed by atoms with E-state index in [1.165, 1.54) is 0 Å². The lowest BCUT2D eigenvalue weighted by molar-refractivity contribution is -0.143. The van der Waals surface area contributed by atoms with Crippen molar-refractivity contribution in [2.45, 2.75) is 51.7 Å². The molecule has 3 N–H and O–H groups in total. The Morgan fingerprint density at radius 3 is 2.35 bits per heavy atom. The number of hydrogen-bond donors (Lipinski definition) is 3. The van der Waals surface area contributed by atoms with Gasteiger partial charge in [0.15, 0.2) is 0 Å². The summed E-state index contributed by atoms with van der Waals surface area (Å²) < 4.78 is 0. The average molecular weight is 243 g/mol. The molecule has 17 heavy (non-hydrogen) atoms. The minimum Gasteiger partial charge on any atom is -0.480 e. The number of aliphatic hydroxyl groups excluding tert-OH is 1. The maximum Gasteiger partial charge on any atom is 0.326 e. The highest BCUT2D eigenvalue weighted by Gasteiger charge is 2.31. The van der Waals surface area contributed by atoms with Gasteiger partial charge in [-0.25, -0.2) is 4.79 Å². The summed E-state index contributed by atoms with van der Waals surface area (Å²) in [5.74, 6) is -0.991. The summed E-state index contributed by atoms with van der Waals surface area (Å²) in [6, 6.07) is -0.864. The number of carboxylic acid groups (broad SMARTS) is 1. The Bertz CT molecular complexity index is 286. The molecule has 0 radical (unpaired) electrons. The van der Waals surface area contributed by atoms with Crippen LogP contribution in [0.25, 0.3) is 0 Å². The smallest absolute Gasteiger partial charge is 0.326 e. The highest BCUT2D eigenvalue weighted by Crippen LogP contribution is 2.33. The van der Waals surface area contributed by atoms with E-state index in [9.17, 15) is 14.7 Å². The summed E-state index contributed by atoms with van der Waals surface area (Å²) in [6.45, 7) is 3.80. The first-order valence-corrected chi connectivity index (χ1v) is 6.11. The predicted octanol–water partition coefficient (Wildman–Crippen LogP) is 0.763. The fourth-order valence-electron chi connectivity index (χ4n) is 1.73. The Kier molecular flexibility index (Phi) is 4.93. The van der Waals surface area contributed by atoms with Gasteiger partial charge < -0.3 is 15.5 Å². The summed E-state index contributed by atoms with van der Waals surface area (Å²) in [4.78, 5) is 22.5. The molecule has 5 nitrogen and oxygen atoms in total. The molecule has 1 aliphatic carbocycles. The Morgan fingerprint density at radius 1 is 1.35 bits per heavy atom. The second-order valence-corrected chi connectivity index (χ2v) is 5.22. The van der Waals surface area contributed by atoms with E-state index in [0.717, 1.165) is 12.8 Å². The number of aliphatic carboxylic acids is 1. The lowest BCUT2D eigenvalue weighted by Gasteiger charge is -2.18. The quantitative estimate of drug-likeness (QED) is 0.616. The minimum atomic E-state index is -1.11. The largest absolute Gasteiger partial charge is 0.480 e. The van der Waals surface area contributed by atoms with Crippen LogP contribution in [0.1, 0.15) is 39.5 Å². The molecule has 1 fully saturated rings. The molecule has 1 saturated carbocycles. The Hall–Kier alpha value is -1.10. The van der Waals surface area contributed by atoms with E-state index in [4.69, 9.17) is 5.11 Å². The van der Waals surface area contributed by atoms with Crippen LogP contribution in [-0.2, 0) is 9.59 Å². The number of hydrogen-bond acceptors (Lipinski definition) is 3. The van der Waals surface area contributed by atoms with Gasteiger partial charge in [-0.2, -0.15) is 0 Å². The van der Waals surface area contributed by atoms with Gasteiger partial charge in [-0.3, -0.25) is 4.79 Å². The third kappa shape index (κ3) is 5.17. The molecule has 0 aromatic rings. The van der Waals surface area contributed by atoms with Crippen LogP contribution in [0.2, 0.25) is 0 Å². The van der Waals surface area contributed by atoms with Crippen LogP contribution >= 0.6 is 0 Å². The zero-order valence-electron chi connectivity index (χ0n) is 10.3. The number of carbonyl (C=O) groups excluding carboxylic acids is 1. The Morgan fingerprint density at radius 2 is 1.94 bits per heavy atom. The second-order valence-electron chi connectivity index (χ2n) is 5.22. The van der Waals surface area contributed by atoms with Gasteiger partial charge in [0.05, 0.1) is 0 Å². The van der Waals surface area contributed by atoms with Gasteiger partial charge >= 0.3 is 5.97 Å². The highest BCUT2D eigenvalue weighted by atomic mass is 16.4. The molecule has 1 aliphatic rings. The van der Waals surface area contributed by atoms with Crippen LogP contribution < -0.4 is 5.32 Å². The lowest BCUT2D eigenvalue weighted by atomic mass is 10.0. The third-order valence-electron chi connectivity index (χ3n) is 2.88. The van der Waals surface area contributed by atoms with E-state index >= 15 is 0 Å². The Balaban J connectivity index is 2.41. The van der Waals surface area contributed by atoms with Crippen molar-refractivity contribution >= 4 is 11.9 Å². The van der Waals surface area contributed by atoms with Crippen LogP contribution in [0.3, 0.4) is 0 Å². The highest BCUT2D eigenvalue weighted by molar-refractivity contribution is 5.86.